The summed E-state index contributed by atoms with van der Waals surface area (Å²) in [6.07, 6.45) is 2.86. The van der Waals surface area contributed by atoms with Gasteiger partial charge in [-0.05, 0) is 23.8 Å². The highest BCUT2D eigenvalue weighted by Crippen LogP contribution is 2.21. The van der Waals surface area contributed by atoms with Gasteiger partial charge in [0.1, 0.15) is 18.2 Å². The molecule has 1 fully saturated rings. The fourth-order valence-electron chi connectivity index (χ4n) is 3.75. The molecular formula is C22H25N7O4. The second-order valence-electron chi connectivity index (χ2n) is 7.65. The Balaban J connectivity index is 1.43. The first kappa shape index (κ1) is 22.2. The number of aromatic nitrogens is 3. The molecule has 0 radical (unpaired) electrons. The van der Waals surface area contributed by atoms with E-state index in [9.17, 15) is 9.59 Å². The minimum atomic E-state index is -0.738. The third kappa shape index (κ3) is 4.93. The number of hydrogen-bond donors (Lipinski definition) is 2. The first-order valence-electron chi connectivity index (χ1n) is 10.4. The van der Waals surface area contributed by atoms with Crippen LogP contribution >= 0.6 is 0 Å². The maximum Gasteiger partial charge on any atom is 0.261 e. The number of nitrogens with two attached hydrogens (primary N) is 2. The van der Waals surface area contributed by atoms with E-state index in [2.05, 4.69) is 15.0 Å². The number of nitrogens with zero attached hydrogens (tertiary/aromatic N) is 5. The van der Waals surface area contributed by atoms with Gasteiger partial charge in [0, 0.05) is 38.2 Å². The summed E-state index contributed by atoms with van der Waals surface area (Å²) in [6.45, 7) is 0.973. The molecule has 2 aromatic heterocycles. The minimum absolute atomic E-state index is 0.0860. The molecule has 2 amide bonds. The van der Waals surface area contributed by atoms with E-state index in [0.717, 1.165) is 10.9 Å². The summed E-state index contributed by atoms with van der Waals surface area (Å²) >= 11 is 0. The van der Waals surface area contributed by atoms with Gasteiger partial charge < -0.3 is 30.7 Å². The van der Waals surface area contributed by atoms with Crippen LogP contribution in [0.3, 0.4) is 0 Å². The predicted molar refractivity (Wildman–Crippen MR) is 121 cm³/mol. The van der Waals surface area contributed by atoms with Gasteiger partial charge in [0.05, 0.1) is 24.0 Å². The lowest BCUT2D eigenvalue weighted by Gasteiger charge is -2.40. The molecule has 3 aromatic rings. The fourth-order valence-corrected chi connectivity index (χ4v) is 3.75. The Morgan fingerprint density at radius 2 is 2.00 bits per heavy atom. The second kappa shape index (κ2) is 9.65. The molecule has 0 bridgehead atoms. The van der Waals surface area contributed by atoms with E-state index in [-0.39, 0.29) is 30.9 Å². The Kier molecular flexibility index (Phi) is 6.50. The zero-order valence-corrected chi connectivity index (χ0v) is 18.2. The van der Waals surface area contributed by atoms with Crippen molar-refractivity contribution in [3.05, 3.63) is 48.4 Å². The number of ether oxygens (including phenoxy) is 2. The third-order valence-corrected chi connectivity index (χ3v) is 5.44. The van der Waals surface area contributed by atoms with Crippen molar-refractivity contribution in [2.24, 2.45) is 0 Å². The molecule has 4 N–H and O–H groups in total. The maximum atomic E-state index is 13.2. The molecule has 172 valence electrons. The summed E-state index contributed by atoms with van der Waals surface area (Å²) < 4.78 is 10.7. The predicted octanol–water partition coefficient (Wildman–Crippen LogP) is 0.454. The standard InChI is InChI=1S/C22H25N7O4/c1-32-11-18-22(31)28(10-14-2-4-16-17(8-14)26-13-27-21(16)24)6-7-29(18)20(30)12-33-19-5-3-15(23)9-25-19/h2-5,8-9,13,18H,6-7,10-12,23H2,1H3,(H2,24,26,27)/t18-/m0/s1. The second-order valence-corrected chi connectivity index (χ2v) is 7.65. The molecule has 33 heavy (non-hydrogen) atoms. The third-order valence-electron chi connectivity index (χ3n) is 5.44. The quantitative estimate of drug-likeness (QED) is 0.522. The number of pyridine rings is 1. The molecule has 1 aliphatic heterocycles. The van der Waals surface area contributed by atoms with E-state index in [1.54, 1.807) is 17.0 Å². The highest BCUT2D eigenvalue weighted by molar-refractivity contribution is 5.90. The summed E-state index contributed by atoms with van der Waals surface area (Å²) in [4.78, 5) is 41.5. The van der Waals surface area contributed by atoms with Gasteiger partial charge in [-0.15, -0.1) is 0 Å². The number of amides is 2. The summed E-state index contributed by atoms with van der Waals surface area (Å²) in [5.74, 6) is 0.184. The highest BCUT2D eigenvalue weighted by Gasteiger charge is 2.37. The van der Waals surface area contributed by atoms with Gasteiger partial charge >= 0.3 is 0 Å². The van der Waals surface area contributed by atoms with Gasteiger partial charge in [-0.3, -0.25) is 9.59 Å². The molecule has 0 aliphatic carbocycles. The van der Waals surface area contributed by atoms with Crippen LogP contribution in [0.1, 0.15) is 5.56 Å². The molecule has 4 rings (SSSR count). The van der Waals surface area contributed by atoms with Gasteiger partial charge in [0.2, 0.25) is 11.8 Å². The number of rotatable bonds is 7. The first-order valence-corrected chi connectivity index (χ1v) is 10.4. The monoisotopic (exact) mass is 451 g/mol. The number of fused-ring (bicyclic) bond motifs is 1. The van der Waals surface area contributed by atoms with Crippen molar-refractivity contribution in [1.29, 1.82) is 0 Å². The van der Waals surface area contributed by atoms with Crippen LogP contribution in [0.2, 0.25) is 0 Å². The van der Waals surface area contributed by atoms with Crippen LogP contribution in [0.15, 0.2) is 42.9 Å². The number of anilines is 2. The van der Waals surface area contributed by atoms with E-state index in [1.165, 1.54) is 24.5 Å². The highest BCUT2D eigenvalue weighted by atomic mass is 16.5. The van der Waals surface area contributed by atoms with E-state index in [1.807, 2.05) is 18.2 Å². The van der Waals surface area contributed by atoms with Crippen molar-refractivity contribution in [3.8, 4) is 5.88 Å². The molecule has 0 saturated carbocycles. The number of hydrogen-bond acceptors (Lipinski definition) is 9. The summed E-state index contributed by atoms with van der Waals surface area (Å²) in [6, 6.07) is 8.11. The van der Waals surface area contributed by atoms with Crippen molar-refractivity contribution in [2.75, 3.05) is 44.9 Å². The normalized spacial score (nSPS) is 16.3. The molecule has 1 aliphatic rings. The van der Waals surface area contributed by atoms with Crippen molar-refractivity contribution in [1.82, 2.24) is 24.8 Å². The first-order chi connectivity index (χ1) is 16.0. The average molecular weight is 451 g/mol. The number of piperazine rings is 1. The number of carbonyl (C=O) groups excluding carboxylic acids is 2. The van der Waals surface area contributed by atoms with Crippen molar-refractivity contribution >= 4 is 34.2 Å². The van der Waals surface area contributed by atoms with Gasteiger partial charge in [-0.2, -0.15) is 0 Å². The van der Waals surface area contributed by atoms with E-state index < -0.39 is 6.04 Å². The lowest BCUT2D eigenvalue weighted by Crippen LogP contribution is -2.60. The number of carbonyl (C=O) groups is 2. The summed E-state index contributed by atoms with van der Waals surface area (Å²) in [5.41, 5.74) is 13.6. The molecule has 0 spiro atoms. The van der Waals surface area contributed by atoms with Gasteiger partial charge in [0.15, 0.2) is 6.61 Å². The minimum Gasteiger partial charge on any atom is -0.468 e. The van der Waals surface area contributed by atoms with Crippen LogP contribution in [-0.4, -0.2) is 76.0 Å². The van der Waals surface area contributed by atoms with Crippen LogP contribution in [0, 0.1) is 0 Å². The Morgan fingerprint density at radius 1 is 1.15 bits per heavy atom. The Bertz CT molecular complexity index is 1160. The molecule has 1 saturated heterocycles. The number of nitrogen functional groups attached to an aromatic ring is 2. The maximum absolute atomic E-state index is 13.2. The van der Waals surface area contributed by atoms with E-state index in [0.29, 0.717) is 36.7 Å². The lowest BCUT2D eigenvalue weighted by molar-refractivity contribution is -0.155. The summed E-state index contributed by atoms with van der Waals surface area (Å²) in [7, 11) is 1.50. The summed E-state index contributed by atoms with van der Waals surface area (Å²) in [5, 5.41) is 0.760. The van der Waals surface area contributed by atoms with Crippen LogP contribution in [0.25, 0.3) is 10.9 Å². The SMILES string of the molecule is COC[C@H]1C(=O)N(Cc2ccc3c(N)ncnc3c2)CCN1C(=O)COc1ccc(N)cn1. The van der Waals surface area contributed by atoms with Gasteiger partial charge in [-0.25, -0.2) is 15.0 Å². The van der Waals surface area contributed by atoms with E-state index in [4.69, 9.17) is 20.9 Å². The molecular weight excluding hydrogens is 426 g/mol. The van der Waals surface area contributed by atoms with Crippen LogP contribution in [-0.2, 0) is 20.9 Å². The number of benzene rings is 1. The Morgan fingerprint density at radius 3 is 2.76 bits per heavy atom. The molecule has 11 heteroatoms. The van der Waals surface area contributed by atoms with Crippen LogP contribution in [0.5, 0.6) is 5.88 Å². The Hall–Kier alpha value is -3.99. The molecule has 11 nitrogen and oxygen atoms in total. The topological polar surface area (TPSA) is 150 Å². The smallest absolute Gasteiger partial charge is 0.261 e. The van der Waals surface area contributed by atoms with Crippen LogP contribution in [0.4, 0.5) is 11.5 Å². The lowest BCUT2D eigenvalue weighted by atomic mass is 10.1. The van der Waals surface area contributed by atoms with Crippen molar-refractivity contribution in [3.63, 3.8) is 0 Å². The van der Waals surface area contributed by atoms with E-state index >= 15 is 0 Å². The molecule has 3 heterocycles. The zero-order valence-electron chi connectivity index (χ0n) is 18.2. The Labute approximate surface area is 190 Å². The van der Waals surface area contributed by atoms with Crippen molar-refractivity contribution < 1.29 is 19.1 Å². The van der Waals surface area contributed by atoms with Crippen molar-refractivity contribution in [2.45, 2.75) is 12.6 Å². The average Bonchev–Trinajstić information content (AvgIpc) is 2.81. The molecule has 1 atom stereocenters. The van der Waals surface area contributed by atoms with Crippen LogP contribution < -0.4 is 16.2 Å². The van der Waals surface area contributed by atoms with Gasteiger partial charge in [-0.1, -0.05) is 6.07 Å². The molecule has 1 aromatic carbocycles. The largest absolute Gasteiger partial charge is 0.468 e. The number of methoxy groups -OCH3 is 1. The van der Waals surface area contributed by atoms with Gasteiger partial charge in [0.25, 0.3) is 5.91 Å². The zero-order chi connectivity index (χ0) is 23.4. The fraction of sp³-hybridized carbons (Fsp3) is 0.318. The molecule has 0 unspecified atom stereocenters.